The summed E-state index contributed by atoms with van der Waals surface area (Å²) in [5.41, 5.74) is 3.41. The fourth-order valence-electron chi connectivity index (χ4n) is 3.42. The molecule has 0 unspecified atom stereocenters. The second-order valence-electron chi connectivity index (χ2n) is 7.69. The van der Waals surface area contributed by atoms with Gasteiger partial charge in [-0.1, -0.05) is 18.2 Å². The van der Waals surface area contributed by atoms with Crippen molar-refractivity contribution < 1.29 is 27.6 Å². The van der Waals surface area contributed by atoms with Gasteiger partial charge >= 0.3 is 0 Å². The number of carbonyl (C=O) groups excluding carboxylic acids is 1. The highest BCUT2D eigenvalue weighted by Crippen LogP contribution is 2.31. The molecule has 3 aromatic rings. The Kier molecular flexibility index (Phi) is 7.15. The van der Waals surface area contributed by atoms with Crippen molar-refractivity contribution in [2.75, 3.05) is 24.1 Å². The lowest BCUT2D eigenvalue weighted by molar-refractivity contribution is -0.384. The first kappa shape index (κ1) is 24.7. The molecule has 1 aliphatic heterocycles. The molecule has 0 saturated heterocycles. The third kappa shape index (κ3) is 5.44. The van der Waals surface area contributed by atoms with Crippen LogP contribution in [-0.2, 0) is 14.8 Å². The Morgan fingerprint density at radius 1 is 1.03 bits per heavy atom. The van der Waals surface area contributed by atoms with E-state index in [1.54, 1.807) is 43.3 Å². The maximum Gasteiger partial charge on any atom is 0.269 e. The average molecular weight is 511 g/mol. The summed E-state index contributed by atoms with van der Waals surface area (Å²) in [6, 6.07) is 17.7. The molecule has 4 rings (SSSR count). The Balaban J connectivity index is 1.56. The van der Waals surface area contributed by atoms with Gasteiger partial charge in [0.25, 0.3) is 21.6 Å². The number of hydrogen-bond acceptors (Lipinski definition) is 8. The van der Waals surface area contributed by atoms with Crippen molar-refractivity contribution in [3.8, 4) is 11.5 Å². The molecule has 1 heterocycles. The first-order valence-corrected chi connectivity index (χ1v) is 12.2. The van der Waals surface area contributed by atoms with E-state index in [2.05, 4.69) is 10.5 Å². The van der Waals surface area contributed by atoms with Crippen molar-refractivity contribution >= 4 is 33.0 Å². The van der Waals surface area contributed by atoms with Gasteiger partial charge in [0, 0.05) is 17.7 Å². The normalized spacial score (nSPS) is 13.1. The van der Waals surface area contributed by atoms with Gasteiger partial charge < -0.3 is 9.47 Å². The fourth-order valence-corrected chi connectivity index (χ4v) is 4.86. The van der Waals surface area contributed by atoms with Crippen LogP contribution >= 0.6 is 0 Å². The number of nitrogens with one attached hydrogen (secondary N) is 1. The van der Waals surface area contributed by atoms with Crippen LogP contribution in [0.3, 0.4) is 0 Å². The zero-order chi connectivity index (χ0) is 25.7. The number of fused-ring (bicyclic) bond motifs is 1. The van der Waals surface area contributed by atoms with E-state index >= 15 is 0 Å². The molecular formula is C24H22N4O7S. The first-order chi connectivity index (χ1) is 17.3. The summed E-state index contributed by atoms with van der Waals surface area (Å²) in [5, 5.41) is 15.1. The summed E-state index contributed by atoms with van der Waals surface area (Å²) in [6.07, 6.45) is 0. The third-order valence-electron chi connectivity index (χ3n) is 5.28. The Morgan fingerprint density at radius 3 is 2.36 bits per heavy atom. The van der Waals surface area contributed by atoms with Gasteiger partial charge in [0.15, 0.2) is 11.5 Å². The number of ether oxygens (including phenoxy) is 2. The monoisotopic (exact) mass is 510 g/mol. The topological polar surface area (TPSA) is 140 Å². The minimum absolute atomic E-state index is 0.0351. The lowest BCUT2D eigenvalue weighted by atomic mass is 10.1. The predicted octanol–water partition coefficient (Wildman–Crippen LogP) is 3.10. The van der Waals surface area contributed by atoms with E-state index in [1.165, 1.54) is 36.4 Å². The summed E-state index contributed by atoms with van der Waals surface area (Å²) in [7, 11) is -4.16. The van der Waals surface area contributed by atoms with Gasteiger partial charge in [-0.25, -0.2) is 13.8 Å². The van der Waals surface area contributed by atoms with Crippen LogP contribution in [-0.4, -0.2) is 44.7 Å². The number of anilines is 1. The number of hydrazone groups is 1. The number of hydrogen-bond donors (Lipinski definition) is 1. The standard InChI is InChI=1S/C24H22N4O7S/c1-17(18-7-12-22-23(15-18)35-14-13-34-22)25-26-24(29)16-27(19-8-10-20(11-9-19)28(30)31)36(32,33)21-5-3-2-4-6-21/h2-12,15H,13-14,16H2,1H3,(H,26,29)/b25-17-. The molecule has 0 atom stereocenters. The van der Waals surface area contributed by atoms with Gasteiger partial charge in [-0.15, -0.1) is 0 Å². The zero-order valence-electron chi connectivity index (χ0n) is 19.2. The Morgan fingerprint density at radius 2 is 1.69 bits per heavy atom. The van der Waals surface area contributed by atoms with Crippen molar-refractivity contribution in [1.82, 2.24) is 5.43 Å². The molecule has 0 saturated carbocycles. The maximum atomic E-state index is 13.3. The number of nitro groups is 1. The summed E-state index contributed by atoms with van der Waals surface area (Å²) >= 11 is 0. The molecule has 11 nitrogen and oxygen atoms in total. The quantitative estimate of drug-likeness (QED) is 0.279. The molecule has 3 aromatic carbocycles. The summed E-state index contributed by atoms with van der Waals surface area (Å²) in [6.45, 7) is 1.97. The van der Waals surface area contributed by atoms with Gasteiger partial charge in [-0.2, -0.15) is 5.10 Å². The van der Waals surface area contributed by atoms with Crippen molar-refractivity contribution in [2.24, 2.45) is 5.10 Å². The van der Waals surface area contributed by atoms with Crippen molar-refractivity contribution in [1.29, 1.82) is 0 Å². The van der Waals surface area contributed by atoms with Crippen LogP contribution in [0, 0.1) is 10.1 Å². The van der Waals surface area contributed by atoms with Crippen molar-refractivity contribution in [2.45, 2.75) is 11.8 Å². The predicted molar refractivity (Wildman–Crippen MR) is 132 cm³/mol. The molecule has 0 spiro atoms. The summed E-state index contributed by atoms with van der Waals surface area (Å²) in [5.74, 6) is 0.481. The number of nitro benzene ring substituents is 1. The molecule has 36 heavy (non-hydrogen) atoms. The van der Waals surface area contributed by atoms with E-state index in [-0.39, 0.29) is 16.3 Å². The molecule has 0 aromatic heterocycles. The first-order valence-electron chi connectivity index (χ1n) is 10.8. The number of non-ortho nitro benzene ring substituents is 1. The Labute approximate surface area is 207 Å². The smallest absolute Gasteiger partial charge is 0.269 e. The van der Waals surface area contributed by atoms with E-state index < -0.39 is 27.4 Å². The van der Waals surface area contributed by atoms with Crippen molar-refractivity contribution in [3.05, 3.63) is 88.5 Å². The molecule has 0 bridgehead atoms. The summed E-state index contributed by atoms with van der Waals surface area (Å²) in [4.78, 5) is 23.1. The van der Waals surface area contributed by atoms with Crippen LogP contribution in [0.1, 0.15) is 12.5 Å². The number of benzene rings is 3. The highest BCUT2D eigenvalue weighted by molar-refractivity contribution is 7.92. The van der Waals surface area contributed by atoms with E-state index in [0.717, 1.165) is 4.31 Å². The molecular weight excluding hydrogens is 488 g/mol. The minimum atomic E-state index is -4.16. The van der Waals surface area contributed by atoms with E-state index in [0.29, 0.717) is 36.0 Å². The van der Waals surface area contributed by atoms with Gasteiger partial charge in [0.2, 0.25) is 0 Å². The second kappa shape index (κ2) is 10.4. The van der Waals surface area contributed by atoms with Crippen molar-refractivity contribution in [3.63, 3.8) is 0 Å². The number of rotatable bonds is 8. The Bertz CT molecular complexity index is 1410. The van der Waals surface area contributed by atoms with Gasteiger partial charge in [0.1, 0.15) is 19.8 Å². The van der Waals surface area contributed by atoms with Crippen LogP contribution in [0.25, 0.3) is 0 Å². The van der Waals surface area contributed by atoms with E-state index in [4.69, 9.17) is 9.47 Å². The second-order valence-corrected chi connectivity index (χ2v) is 9.55. The van der Waals surface area contributed by atoms with Gasteiger partial charge in [-0.05, 0) is 49.4 Å². The molecule has 186 valence electrons. The van der Waals surface area contributed by atoms with Crippen LogP contribution < -0.4 is 19.2 Å². The largest absolute Gasteiger partial charge is 0.486 e. The van der Waals surface area contributed by atoms with Crippen LogP contribution in [0.5, 0.6) is 11.5 Å². The number of carbonyl (C=O) groups is 1. The van der Waals surface area contributed by atoms with E-state index in [9.17, 15) is 23.3 Å². The lowest BCUT2D eigenvalue weighted by Crippen LogP contribution is -2.39. The van der Waals surface area contributed by atoms with E-state index in [1.807, 2.05) is 0 Å². The van der Waals surface area contributed by atoms with Crippen LogP contribution in [0.4, 0.5) is 11.4 Å². The number of sulfonamides is 1. The molecule has 0 aliphatic carbocycles. The minimum Gasteiger partial charge on any atom is -0.486 e. The highest BCUT2D eigenvalue weighted by Gasteiger charge is 2.27. The van der Waals surface area contributed by atoms with Crippen LogP contribution in [0.2, 0.25) is 0 Å². The lowest BCUT2D eigenvalue weighted by Gasteiger charge is -2.23. The Hall–Kier alpha value is -4.45. The average Bonchev–Trinajstić information content (AvgIpc) is 2.90. The molecule has 12 heteroatoms. The van der Waals surface area contributed by atoms with Gasteiger partial charge in [0.05, 0.1) is 21.2 Å². The molecule has 0 fully saturated rings. The third-order valence-corrected chi connectivity index (χ3v) is 7.06. The molecule has 0 radical (unpaired) electrons. The number of nitrogens with zero attached hydrogens (tertiary/aromatic N) is 3. The number of amides is 1. The highest BCUT2D eigenvalue weighted by atomic mass is 32.2. The molecule has 1 N–H and O–H groups in total. The van der Waals surface area contributed by atoms with Crippen LogP contribution in [0.15, 0.2) is 82.8 Å². The summed E-state index contributed by atoms with van der Waals surface area (Å²) < 4.78 is 38.6. The maximum absolute atomic E-state index is 13.3. The van der Waals surface area contributed by atoms with Gasteiger partial charge in [-0.3, -0.25) is 19.2 Å². The fraction of sp³-hybridized carbons (Fsp3) is 0.167. The molecule has 1 amide bonds. The zero-order valence-corrected chi connectivity index (χ0v) is 20.0. The molecule has 1 aliphatic rings. The SMILES string of the molecule is C/C(=N/NC(=O)CN(c1ccc([N+](=O)[O-])cc1)S(=O)(=O)c1ccccc1)c1ccc2c(c1)OCCO2.